The van der Waals surface area contributed by atoms with Gasteiger partial charge < -0.3 is 24.3 Å². The number of carbonyl (C=O) groups is 2. The Kier molecular flexibility index (Phi) is 11.6. The van der Waals surface area contributed by atoms with Gasteiger partial charge in [0.2, 0.25) is 0 Å². The van der Waals surface area contributed by atoms with Crippen LogP contribution in [0.2, 0.25) is 5.02 Å². The number of carbonyl (C=O) groups excluding carboxylic acids is 2. The van der Waals surface area contributed by atoms with Crippen molar-refractivity contribution in [3.63, 3.8) is 0 Å². The second kappa shape index (κ2) is 15.1. The van der Waals surface area contributed by atoms with Crippen molar-refractivity contribution < 1.29 is 37.0 Å². The van der Waals surface area contributed by atoms with Gasteiger partial charge in [0.25, 0.3) is 21.8 Å². The molecule has 230 valence electrons. The van der Waals surface area contributed by atoms with Gasteiger partial charge in [-0.15, -0.1) is 0 Å². The largest absolute Gasteiger partial charge is 0.495 e. The summed E-state index contributed by atoms with van der Waals surface area (Å²) in [5.74, 6) is 0.196. The summed E-state index contributed by atoms with van der Waals surface area (Å²) in [6.45, 7) is 2.93. The van der Waals surface area contributed by atoms with Crippen molar-refractivity contribution in [2.75, 3.05) is 38.8 Å². The SMILES string of the molecule is COc1ccc(S(=O)(=O)N(CC(=O)N/N=C\c2ccc(OCC(=O)NC(C)C)cc2)c2cc(Cl)ccc2OC)cc1OC. The lowest BCUT2D eigenvalue weighted by atomic mass is 10.2. The summed E-state index contributed by atoms with van der Waals surface area (Å²) in [7, 11) is -0.175. The van der Waals surface area contributed by atoms with Crippen LogP contribution in [0.1, 0.15) is 19.4 Å². The molecule has 3 rings (SSSR count). The third-order valence-electron chi connectivity index (χ3n) is 5.74. The summed E-state index contributed by atoms with van der Waals surface area (Å²) < 4.78 is 49.9. The highest BCUT2D eigenvalue weighted by molar-refractivity contribution is 7.92. The molecule has 0 aromatic heterocycles. The summed E-state index contributed by atoms with van der Waals surface area (Å²) in [4.78, 5) is 24.6. The van der Waals surface area contributed by atoms with E-state index in [0.717, 1.165) is 4.31 Å². The molecule has 3 aromatic carbocycles. The number of nitrogens with one attached hydrogen (secondary N) is 2. The van der Waals surface area contributed by atoms with Crippen molar-refractivity contribution in [1.82, 2.24) is 10.7 Å². The molecular weight excluding hydrogens is 600 g/mol. The van der Waals surface area contributed by atoms with Crippen molar-refractivity contribution in [2.24, 2.45) is 5.10 Å². The van der Waals surface area contributed by atoms with E-state index in [-0.39, 0.29) is 45.7 Å². The molecule has 0 saturated heterocycles. The van der Waals surface area contributed by atoms with Crippen LogP contribution in [0, 0.1) is 0 Å². The number of rotatable bonds is 14. The molecule has 12 nitrogen and oxygen atoms in total. The molecule has 0 bridgehead atoms. The number of sulfonamides is 1. The van der Waals surface area contributed by atoms with E-state index >= 15 is 0 Å². The van der Waals surface area contributed by atoms with Crippen molar-refractivity contribution in [3.05, 3.63) is 71.2 Å². The molecule has 0 aliphatic heterocycles. The molecule has 0 unspecified atom stereocenters. The maximum atomic E-state index is 13.9. The maximum Gasteiger partial charge on any atom is 0.265 e. The van der Waals surface area contributed by atoms with Gasteiger partial charge in [0, 0.05) is 17.1 Å². The molecule has 0 heterocycles. The summed E-state index contributed by atoms with van der Waals surface area (Å²) in [5, 5.41) is 6.91. The third kappa shape index (κ3) is 9.00. The van der Waals surface area contributed by atoms with Crippen molar-refractivity contribution in [2.45, 2.75) is 24.8 Å². The Morgan fingerprint density at radius 1 is 0.907 bits per heavy atom. The van der Waals surface area contributed by atoms with Gasteiger partial charge in [-0.05, 0) is 74.0 Å². The average molecular weight is 633 g/mol. The highest BCUT2D eigenvalue weighted by Gasteiger charge is 2.30. The Morgan fingerprint density at radius 3 is 2.19 bits per heavy atom. The average Bonchev–Trinajstić information content (AvgIpc) is 2.98. The first-order valence-electron chi connectivity index (χ1n) is 12.9. The van der Waals surface area contributed by atoms with E-state index in [9.17, 15) is 18.0 Å². The number of hydrogen-bond donors (Lipinski definition) is 2. The van der Waals surface area contributed by atoms with E-state index < -0.39 is 22.5 Å². The zero-order valence-corrected chi connectivity index (χ0v) is 25.9. The molecule has 0 spiro atoms. The first-order valence-corrected chi connectivity index (χ1v) is 14.7. The summed E-state index contributed by atoms with van der Waals surface area (Å²) in [5.41, 5.74) is 3.00. The van der Waals surface area contributed by atoms with Gasteiger partial charge in [-0.25, -0.2) is 13.8 Å². The Morgan fingerprint density at radius 2 is 1.56 bits per heavy atom. The number of methoxy groups -OCH3 is 3. The zero-order chi connectivity index (χ0) is 31.6. The van der Waals surface area contributed by atoms with Crippen molar-refractivity contribution in [3.8, 4) is 23.0 Å². The van der Waals surface area contributed by atoms with Gasteiger partial charge in [-0.1, -0.05) is 11.6 Å². The standard InChI is InChI=1S/C29H33ClN4O8S/c1-19(2)32-29(36)18-42-22-9-6-20(7-10-22)16-31-33-28(35)17-34(24-14-21(30)8-12-25(24)39-3)43(37,38)23-11-13-26(40-4)27(15-23)41-5/h6-16,19H,17-18H2,1-5H3,(H,32,36)(H,33,35)/b31-16-. The predicted octanol–water partition coefficient (Wildman–Crippen LogP) is 3.61. The van der Waals surface area contributed by atoms with Crippen LogP contribution in [0.25, 0.3) is 0 Å². The lowest BCUT2D eigenvalue weighted by Gasteiger charge is -2.25. The molecule has 0 aliphatic carbocycles. The van der Waals surface area contributed by atoms with Crippen molar-refractivity contribution >= 4 is 45.3 Å². The number of anilines is 1. The van der Waals surface area contributed by atoms with Crippen LogP contribution in [0.4, 0.5) is 5.69 Å². The van der Waals surface area contributed by atoms with Gasteiger partial charge in [0.1, 0.15) is 18.0 Å². The van der Waals surface area contributed by atoms with E-state index in [1.54, 1.807) is 24.3 Å². The summed E-state index contributed by atoms with van der Waals surface area (Å²) in [6.07, 6.45) is 1.38. The number of amides is 2. The molecule has 43 heavy (non-hydrogen) atoms. The van der Waals surface area contributed by atoms with E-state index in [2.05, 4.69) is 15.8 Å². The van der Waals surface area contributed by atoms with Gasteiger partial charge in [-0.2, -0.15) is 5.10 Å². The van der Waals surface area contributed by atoms with Gasteiger partial charge >= 0.3 is 0 Å². The van der Waals surface area contributed by atoms with Crippen molar-refractivity contribution in [1.29, 1.82) is 0 Å². The molecule has 2 N–H and O–H groups in total. The minimum Gasteiger partial charge on any atom is -0.495 e. The Bertz CT molecular complexity index is 1560. The molecule has 14 heteroatoms. The fourth-order valence-electron chi connectivity index (χ4n) is 3.77. The lowest BCUT2D eigenvalue weighted by molar-refractivity contribution is -0.123. The highest BCUT2D eigenvalue weighted by atomic mass is 35.5. The first kappa shape index (κ1) is 33.0. The Hall–Kier alpha value is -4.49. The molecule has 0 atom stereocenters. The molecular formula is C29H33ClN4O8S. The fraction of sp³-hybridized carbons (Fsp3) is 0.276. The molecule has 0 saturated carbocycles. The van der Waals surface area contributed by atoms with E-state index in [4.69, 9.17) is 30.5 Å². The number of hydrazone groups is 1. The first-order chi connectivity index (χ1) is 20.5. The van der Waals surface area contributed by atoms with Crippen LogP contribution >= 0.6 is 11.6 Å². The number of nitrogens with zero attached hydrogens (tertiary/aromatic N) is 2. The summed E-state index contributed by atoms with van der Waals surface area (Å²) in [6, 6.07) is 15.1. The molecule has 0 fully saturated rings. The quantitative estimate of drug-likeness (QED) is 0.203. The van der Waals surface area contributed by atoms with Crippen LogP contribution in [0.5, 0.6) is 23.0 Å². The van der Waals surface area contributed by atoms with Crippen LogP contribution in [-0.2, 0) is 19.6 Å². The Balaban J connectivity index is 1.79. The molecule has 3 aromatic rings. The summed E-state index contributed by atoms with van der Waals surface area (Å²) >= 11 is 6.19. The van der Waals surface area contributed by atoms with Crippen LogP contribution in [0.3, 0.4) is 0 Å². The Labute approximate surface area is 255 Å². The molecule has 2 amide bonds. The lowest BCUT2D eigenvalue weighted by Crippen LogP contribution is -2.39. The number of ether oxygens (including phenoxy) is 4. The number of hydrogen-bond acceptors (Lipinski definition) is 9. The number of benzene rings is 3. The smallest absolute Gasteiger partial charge is 0.265 e. The van der Waals surface area contributed by atoms with Crippen LogP contribution < -0.4 is 34.0 Å². The second-order valence-corrected chi connectivity index (χ2v) is 11.5. The van der Waals surface area contributed by atoms with Crippen LogP contribution in [-0.4, -0.2) is 67.0 Å². The topological polar surface area (TPSA) is 145 Å². The number of halogens is 1. The van der Waals surface area contributed by atoms with E-state index in [1.807, 2.05) is 13.8 Å². The van der Waals surface area contributed by atoms with E-state index in [1.165, 1.54) is 63.9 Å². The second-order valence-electron chi connectivity index (χ2n) is 9.22. The third-order valence-corrected chi connectivity index (χ3v) is 7.73. The highest BCUT2D eigenvalue weighted by Crippen LogP contribution is 2.37. The minimum atomic E-state index is -4.35. The molecule has 0 radical (unpaired) electrons. The zero-order valence-electron chi connectivity index (χ0n) is 24.3. The predicted molar refractivity (Wildman–Crippen MR) is 163 cm³/mol. The fourth-order valence-corrected chi connectivity index (χ4v) is 5.37. The van der Waals surface area contributed by atoms with Gasteiger partial charge in [0.15, 0.2) is 18.1 Å². The normalized spacial score (nSPS) is 11.2. The molecule has 0 aliphatic rings. The van der Waals surface area contributed by atoms with E-state index in [0.29, 0.717) is 17.1 Å². The van der Waals surface area contributed by atoms with Gasteiger partial charge in [0.05, 0.1) is 38.1 Å². The monoisotopic (exact) mass is 632 g/mol. The minimum absolute atomic E-state index is 0.00978. The van der Waals surface area contributed by atoms with Crippen LogP contribution in [0.15, 0.2) is 70.7 Å². The van der Waals surface area contributed by atoms with Gasteiger partial charge in [-0.3, -0.25) is 13.9 Å². The maximum absolute atomic E-state index is 13.9.